The molecule has 0 spiro atoms. The van der Waals surface area contributed by atoms with Crippen LogP contribution in [0.1, 0.15) is 11.1 Å². The van der Waals surface area contributed by atoms with Crippen LogP contribution in [0.4, 0.5) is 5.69 Å². The van der Waals surface area contributed by atoms with E-state index in [9.17, 15) is 4.79 Å². The Hall–Kier alpha value is -2.79. The summed E-state index contributed by atoms with van der Waals surface area (Å²) in [6.07, 6.45) is 3.56. The van der Waals surface area contributed by atoms with E-state index in [0.717, 1.165) is 39.0 Å². The van der Waals surface area contributed by atoms with Gasteiger partial charge in [-0.15, -0.1) is 0 Å². The summed E-state index contributed by atoms with van der Waals surface area (Å²) in [5.41, 5.74) is 5.70. The van der Waals surface area contributed by atoms with Gasteiger partial charge in [-0.1, -0.05) is 0 Å². The highest BCUT2D eigenvalue weighted by Crippen LogP contribution is 2.28. The number of pyridine rings is 2. The number of rotatable bonds is 4. The van der Waals surface area contributed by atoms with Crippen LogP contribution in [0.2, 0.25) is 0 Å². The van der Waals surface area contributed by atoms with Crippen molar-refractivity contribution in [3.05, 3.63) is 53.9 Å². The summed E-state index contributed by atoms with van der Waals surface area (Å²) in [7, 11) is 3.75. The van der Waals surface area contributed by atoms with Crippen LogP contribution in [0.15, 0.2) is 42.7 Å². The summed E-state index contributed by atoms with van der Waals surface area (Å²) in [4.78, 5) is 22.9. The van der Waals surface area contributed by atoms with Crippen LogP contribution in [0.25, 0.3) is 22.2 Å². The fourth-order valence-corrected chi connectivity index (χ4v) is 2.82. The van der Waals surface area contributed by atoms with Gasteiger partial charge < -0.3 is 10.2 Å². The second-order valence-corrected chi connectivity index (χ2v) is 6.54. The van der Waals surface area contributed by atoms with Crippen LogP contribution in [0.5, 0.6) is 0 Å². The van der Waals surface area contributed by atoms with Gasteiger partial charge >= 0.3 is 0 Å². The average Bonchev–Trinajstić information content (AvgIpc) is 2.56. The third kappa shape index (κ3) is 3.83. The highest BCUT2D eigenvalue weighted by atomic mass is 16.2. The predicted molar refractivity (Wildman–Crippen MR) is 102 cm³/mol. The number of fused-ring (bicyclic) bond motifs is 1. The molecule has 3 aromatic rings. The molecule has 0 radical (unpaired) electrons. The molecule has 1 N–H and O–H groups in total. The van der Waals surface area contributed by atoms with E-state index in [1.54, 1.807) is 6.20 Å². The number of aryl methyl sites for hydroxylation is 2. The van der Waals surface area contributed by atoms with Gasteiger partial charge in [0.25, 0.3) is 0 Å². The van der Waals surface area contributed by atoms with E-state index in [1.807, 2.05) is 50.3 Å². The molecular weight excluding hydrogens is 312 g/mol. The van der Waals surface area contributed by atoms with E-state index in [-0.39, 0.29) is 5.91 Å². The number of nitrogens with zero attached hydrogens (tertiary/aromatic N) is 3. The Morgan fingerprint density at radius 1 is 1.16 bits per heavy atom. The van der Waals surface area contributed by atoms with Crippen LogP contribution in [0, 0.1) is 13.8 Å². The summed E-state index contributed by atoms with van der Waals surface area (Å²) >= 11 is 0. The third-order valence-electron chi connectivity index (χ3n) is 4.05. The van der Waals surface area contributed by atoms with Crippen LogP contribution in [0.3, 0.4) is 0 Å². The van der Waals surface area contributed by atoms with Gasteiger partial charge in [-0.2, -0.15) is 0 Å². The quantitative estimate of drug-likeness (QED) is 0.794. The first kappa shape index (κ1) is 17.0. The second kappa shape index (κ2) is 6.99. The average molecular weight is 334 g/mol. The number of carbonyl (C=O) groups is 1. The Labute approximate surface area is 147 Å². The molecule has 0 aliphatic heterocycles. The number of amides is 1. The first-order chi connectivity index (χ1) is 11.9. The lowest BCUT2D eigenvalue weighted by atomic mass is 10.0. The third-order valence-corrected chi connectivity index (χ3v) is 4.05. The Bertz CT molecular complexity index is 920. The summed E-state index contributed by atoms with van der Waals surface area (Å²) in [6, 6.07) is 10.00. The van der Waals surface area contributed by atoms with Crippen molar-refractivity contribution < 1.29 is 4.79 Å². The molecule has 0 atom stereocenters. The zero-order valence-electron chi connectivity index (χ0n) is 15.0. The number of nitrogens with one attached hydrogen (secondary N) is 1. The molecule has 0 unspecified atom stereocenters. The van der Waals surface area contributed by atoms with E-state index in [0.29, 0.717) is 6.54 Å². The van der Waals surface area contributed by atoms with Crippen LogP contribution < -0.4 is 5.32 Å². The highest BCUT2D eigenvalue weighted by Gasteiger charge is 2.11. The number of likely N-dealkylation sites (N-methyl/N-ethyl adjacent to an activating group) is 1. The van der Waals surface area contributed by atoms with E-state index in [4.69, 9.17) is 4.98 Å². The molecular formula is C20H22N4O. The van der Waals surface area contributed by atoms with Crippen molar-refractivity contribution >= 4 is 22.5 Å². The predicted octanol–water partition coefficient (Wildman–Crippen LogP) is 3.41. The maximum absolute atomic E-state index is 12.1. The topological polar surface area (TPSA) is 58.1 Å². The minimum Gasteiger partial charge on any atom is -0.325 e. The highest BCUT2D eigenvalue weighted by molar-refractivity contribution is 5.96. The van der Waals surface area contributed by atoms with E-state index < -0.39 is 0 Å². The number of anilines is 1. The van der Waals surface area contributed by atoms with E-state index in [2.05, 4.69) is 29.4 Å². The molecule has 0 bridgehead atoms. The molecule has 0 aliphatic carbocycles. The summed E-state index contributed by atoms with van der Waals surface area (Å²) in [5.74, 6) is -0.0346. The molecule has 25 heavy (non-hydrogen) atoms. The van der Waals surface area contributed by atoms with Crippen molar-refractivity contribution in [3.8, 4) is 11.3 Å². The second-order valence-electron chi connectivity index (χ2n) is 6.54. The van der Waals surface area contributed by atoms with Gasteiger partial charge in [0.05, 0.1) is 17.8 Å². The summed E-state index contributed by atoms with van der Waals surface area (Å²) in [6.45, 7) is 4.42. The van der Waals surface area contributed by atoms with Gasteiger partial charge in [0.1, 0.15) is 0 Å². The normalized spacial score (nSPS) is 11.1. The molecule has 0 fully saturated rings. The van der Waals surface area contributed by atoms with E-state index >= 15 is 0 Å². The van der Waals surface area contributed by atoms with Gasteiger partial charge in [0.15, 0.2) is 0 Å². The zero-order valence-corrected chi connectivity index (χ0v) is 15.0. The van der Waals surface area contributed by atoms with Crippen molar-refractivity contribution in [2.24, 2.45) is 0 Å². The Morgan fingerprint density at radius 3 is 2.64 bits per heavy atom. The maximum atomic E-state index is 12.1. The number of hydrogen-bond acceptors (Lipinski definition) is 4. The largest absolute Gasteiger partial charge is 0.325 e. The zero-order chi connectivity index (χ0) is 18.0. The number of benzene rings is 1. The maximum Gasteiger partial charge on any atom is 0.238 e. The van der Waals surface area contributed by atoms with Crippen molar-refractivity contribution in [2.75, 3.05) is 26.0 Å². The molecule has 5 heteroatoms. The fraction of sp³-hybridized carbons (Fsp3) is 0.250. The Balaban J connectivity index is 2.04. The van der Waals surface area contributed by atoms with Gasteiger partial charge in [0, 0.05) is 29.0 Å². The number of carbonyl (C=O) groups excluding carboxylic acids is 1. The standard InChI is InChI=1S/C20H22N4O/c1-13-9-18(15-6-5-7-21-11-15)22-19-10-17(14(2)8-16(13)19)23-20(25)12-24(3)4/h5-11H,12H2,1-4H3,(H,23,25). The van der Waals surface area contributed by atoms with Gasteiger partial charge in [-0.05, 0) is 69.4 Å². The Morgan fingerprint density at radius 2 is 1.96 bits per heavy atom. The molecule has 2 heterocycles. The first-order valence-electron chi connectivity index (χ1n) is 8.21. The Kier molecular flexibility index (Phi) is 4.76. The number of hydrogen-bond donors (Lipinski definition) is 1. The van der Waals surface area contributed by atoms with Crippen molar-refractivity contribution in [1.29, 1.82) is 0 Å². The SMILES string of the molecule is Cc1cc2c(C)cc(-c3cccnc3)nc2cc1NC(=O)CN(C)C. The van der Waals surface area contributed by atoms with Gasteiger partial charge in [-0.25, -0.2) is 4.98 Å². The lowest BCUT2D eigenvalue weighted by Gasteiger charge is -2.14. The van der Waals surface area contributed by atoms with Crippen LogP contribution in [-0.4, -0.2) is 41.4 Å². The molecule has 1 amide bonds. The fourth-order valence-electron chi connectivity index (χ4n) is 2.82. The molecule has 0 saturated carbocycles. The minimum absolute atomic E-state index is 0.0346. The van der Waals surface area contributed by atoms with E-state index in [1.165, 1.54) is 0 Å². The van der Waals surface area contributed by atoms with Crippen molar-refractivity contribution in [1.82, 2.24) is 14.9 Å². The minimum atomic E-state index is -0.0346. The van der Waals surface area contributed by atoms with Gasteiger partial charge in [-0.3, -0.25) is 9.78 Å². The number of aromatic nitrogens is 2. The smallest absolute Gasteiger partial charge is 0.238 e. The van der Waals surface area contributed by atoms with Crippen molar-refractivity contribution in [3.63, 3.8) is 0 Å². The molecule has 3 rings (SSSR count). The lowest BCUT2D eigenvalue weighted by molar-refractivity contribution is -0.116. The molecule has 2 aromatic heterocycles. The first-order valence-corrected chi connectivity index (χ1v) is 8.21. The monoisotopic (exact) mass is 334 g/mol. The molecule has 128 valence electrons. The summed E-state index contributed by atoms with van der Waals surface area (Å²) in [5, 5.41) is 4.07. The lowest BCUT2D eigenvalue weighted by Crippen LogP contribution is -2.27. The molecule has 5 nitrogen and oxygen atoms in total. The molecule has 0 aliphatic rings. The molecule has 0 saturated heterocycles. The van der Waals surface area contributed by atoms with Crippen LogP contribution >= 0.6 is 0 Å². The molecule has 1 aromatic carbocycles. The van der Waals surface area contributed by atoms with Gasteiger partial charge in [0.2, 0.25) is 5.91 Å². The van der Waals surface area contributed by atoms with Crippen molar-refractivity contribution in [2.45, 2.75) is 13.8 Å². The summed E-state index contributed by atoms with van der Waals surface area (Å²) < 4.78 is 0. The van der Waals surface area contributed by atoms with Crippen LogP contribution in [-0.2, 0) is 4.79 Å².